The maximum atomic E-state index is 13.1. The summed E-state index contributed by atoms with van der Waals surface area (Å²) >= 11 is 0. The van der Waals surface area contributed by atoms with Crippen LogP contribution in [-0.2, 0) is 14.8 Å². The third-order valence-corrected chi connectivity index (χ3v) is 7.52. The summed E-state index contributed by atoms with van der Waals surface area (Å²) < 4.78 is 38.7. The number of carbonyl (C=O) groups is 1. The lowest BCUT2D eigenvalue weighted by Gasteiger charge is -2.35. The monoisotopic (exact) mass is 434 g/mol. The highest BCUT2D eigenvalue weighted by molar-refractivity contribution is 7.89. The minimum atomic E-state index is -3.69. The van der Waals surface area contributed by atoms with Crippen molar-refractivity contribution in [3.8, 4) is 17.6 Å². The van der Waals surface area contributed by atoms with Crippen LogP contribution >= 0.6 is 0 Å². The van der Waals surface area contributed by atoms with Crippen LogP contribution in [0.15, 0.2) is 23.1 Å². The topological polar surface area (TPSA) is 103 Å². The van der Waals surface area contributed by atoms with Crippen LogP contribution in [0.1, 0.15) is 19.3 Å². The van der Waals surface area contributed by atoms with E-state index in [4.69, 9.17) is 14.7 Å². The lowest BCUT2D eigenvalue weighted by Crippen LogP contribution is -2.52. The van der Waals surface area contributed by atoms with Gasteiger partial charge in [0, 0.05) is 44.7 Å². The number of rotatable bonds is 6. The van der Waals surface area contributed by atoms with E-state index in [-0.39, 0.29) is 37.0 Å². The number of hydrogen-bond acceptors (Lipinski definition) is 7. The van der Waals surface area contributed by atoms with Gasteiger partial charge in [-0.1, -0.05) is 0 Å². The zero-order valence-corrected chi connectivity index (χ0v) is 17.6. The van der Waals surface area contributed by atoms with Gasteiger partial charge < -0.3 is 14.4 Å². The molecule has 3 aliphatic rings. The van der Waals surface area contributed by atoms with Gasteiger partial charge in [0.25, 0.3) is 0 Å². The molecule has 2 aliphatic heterocycles. The highest BCUT2D eigenvalue weighted by Gasteiger charge is 2.34. The predicted octanol–water partition coefficient (Wildman–Crippen LogP) is 0.669. The van der Waals surface area contributed by atoms with E-state index in [1.54, 1.807) is 11.0 Å². The van der Waals surface area contributed by atoms with Crippen LogP contribution in [0.2, 0.25) is 0 Å². The molecule has 10 heteroatoms. The number of nitrogens with zero attached hydrogens (tertiary/aromatic N) is 4. The first-order valence-corrected chi connectivity index (χ1v) is 11.7. The van der Waals surface area contributed by atoms with Crippen molar-refractivity contribution in [1.29, 1.82) is 5.26 Å². The van der Waals surface area contributed by atoms with Crippen LogP contribution in [-0.4, -0.2) is 87.0 Å². The van der Waals surface area contributed by atoms with E-state index in [9.17, 15) is 13.2 Å². The molecule has 1 saturated heterocycles. The van der Waals surface area contributed by atoms with Gasteiger partial charge in [-0.25, -0.2) is 8.42 Å². The highest BCUT2D eigenvalue weighted by Crippen LogP contribution is 2.33. The summed E-state index contributed by atoms with van der Waals surface area (Å²) in [6, 6.07) is 7.13. The Bertz CT molecular complexity index is 933. The summed E-state index contributed by atoms with van der Waals surface area (Å²) in [5, 5.41) is 8.95. The summed E-state index contributed by atoms with van der Waals surface area (Å²) in [4.78, 5) is 16.4. The molecule has 0 spiro atoms. The summed E-state index contributed by atoms with van der Waals surface area (Å²) in [6.45, 7) is 2.65. The Morgan fingerprint density at radius 2 is 1.83 bits per heavy atom. The molecule has 0 aromatic heterocycles. The van der Waals surface area contributed by atoms with E-state index in [1.165, 1.54) is 16.4 Å². The van der Waals surface area contributed by atoms with Crippen molar-refractivity contribution >= 4 is 15.9 Å². The molecule has 30 heavy (non-hydrogen) atoms. The average molecular weight is 435 g/mol. The number of piperazine rings is 1. The fourth-order valence-corrected chi connectivity index (χ4v) is 5.19. The first-order valence-electron chi connectivity index (χ1n) is 10.3. The summed E-state index contributed by atoms with van der Waals surface area (Å²) in [5.74, 6) is 0.948. The van der Waals surface area contributed by atoms with Gasteiger partial charge in [0.05, 0.1) is 37.3 Å². The van der Waals surface area contributed by atoms with Gasteiger partial charge in [-0.15, -0.1) is 0 Å². The molecule has 1 saturated carbocycles. The Morgan fingerprint density at radius 1 is 1.13 bits per heavy atom. The van der Waals surface area contributed by atoms with E-state index in [0.29, 0.717) is 43.8 Å². The van der Waals surface area contributed by atoms with E-state index >= 15 is 0 Å². The molecule has 1 amide bonds. The smallest absolute Gasteiger partial charge is 0.243 e. The van der Waals surface area contributed by atoms with Crippen LogP contribution in [0.25, 0.3) is 0 Å². The first-order chi connectivity index (χ1) is 14.5. The SMILES string of the molecule is N#CCN(CC(=O)N1CCN(S(=O)(=O)c2ccc3c(c2)OCCCO3)CC1)C1CC1. The molecule has 0 bridgehead atoms. The minimum Gasteiger partial charge on any atom is -0.490 e. The van der Waals surface area contributed by atoms with Gasteiger partial charge in [-0.05, 0) is 25.0 Å². The Morgan fingerprint density at radius 3 is 2.50 bits per heavy atom. The third kappa shape index (κ3) is 4.53. The van der Waals surface area contributed by atoms with Crippen molar-refractivity contribution < 1.29 is 22.7 Å². The van der Waals surface area contributed by atoms with Gasteiger partial charge in [-0.3, -0.25) is 9.69 Å². The molecule has 2 heterocycles. The number of carbonyl (C=O) groups excluding carboxylic acids is 1. The van der Waals surface area contributed by atoms with Crippen LogP contribution in [0.3, 0.4) is 0 Å². The van der Waals surface area contributed by atoms with Gasteiger partial charge in [0.2, 0.25) is 15.9 Å². The lowest BCUT2D eigenvalue weighted by atomic mass is 10.3. The number of fused-ring (bicyclic) bond motifs is 1. The van der Waals surface area contributed by atoms with Gasteiger partial charge in [-0.2, -0.15) is 9.57 Å². The van der Waals surface area contributed by atoms with Crippen LogP contribution in [0, 0.1) is 11.3 Å². The fourth-order valence-electron chi connectivity index (χ4n) is 3.75. The number of benzene rings is 1. The van der Waals surface area contributed by atoms with E-state index in [2.05, 4.69) is 6.07 Å². The highest BCUT2D eigenvalue weighted by atomic mass is 32.2. The van der Waals surface area contributed by atoms with Crippen LogP contribution in [0.5, 0.6) is 11.5 Å². The quantitative estimate of drug-likeness (QED) is 0.606. The molecular weight excluding hydrogens is 408 g/mol. The Balaban J connectivity index is 1.38. The number of ether oxygens (including phenoxy) is 2. The second-order valence-electron chi connectivity index (χ2n) is 7.74. The van der Waals surface area contributed by atoms with Crippen LogP contribution < -0.4 is 9.47 Å². The third-order valence-electron chi connectivity index (χ3n) is 5.62. The van der Waals surface area contributed by atoms with Crippen molar-refractivity contribution in [2.24, 2.45) is 0 Å². The lowest BCUT2D eigenvalue weighted by molar-refractivity contribution is -0.133. The summed E-state index contributed by atoms with van der Waals surface area (Å²) in [5.41, 5.74) is 0. The Hall–Kier alpha value is -2.35. The molecule has 0 unspecified atom stereocenters. The molecular formula is C20H26N4O5S. The second-order valence-corrected chi connectivity index (χ2v) is 9.68. The second kappa shape index (κ2) is 8.79. The van der Waals surface area contributed by atoms with Gasteiger partial charge in [0.1, 0.15) is 0 Å². The van der Waals surface area contributed by atoms with Crippen molar-refractivity contribution in [1.82, 2.24) is 14.1 Å². The molecule has 0 atom stereocenters. The zero-order chi connectivity index (χ0) is 21.1. The van der Waals surface area contributed by atoms with Crippen LogP contribution in [0.4, 0.5) is 0 Å². The molecule has 4 rings (SSSR count). The van der Waals surface area contributed by atoms with Gasteiger partial charge >= 0.3 is 0 Å². The normalized spacial score (nSPS) is 19.9. The summed E-state index contributed by atoms with van der Waals surface area (Å²) in [7, 11) is -3.69. The number of sulfonamides is 1. The molecule has 0 N–H and O–H groups in total. The zero-order valence-electron chi connectivity index (χ0n) is 16.8. The Labute approximate surface area is 176 Å². The first kappa shape index (κ1) is 20.9. The Kier molecular flexibility index (Phi) is 6.13. The molecule has 162 valence electrons. The summed E-state index contributed by atoms with van der Waals surface area (Å²) in [6.07, 6.45) is 2.80. The van der Waals surface area contributed by atoms with E-state index in [0.717, 1.165) is 19.3 Å². The predicted molar refractivity (Wildman–Crippen MR) is 108 cm³/mol. The average Bonchev–Trinajstić information content (AvgIpc) is 3.60. The molecule has 1 aliphatic carbocycles. The minimum absolute atomic E-state index is 0.0511. The molecule has 1 aromatic rings. The van der Waals surface area contributed by atoms with Crippen molar-refractivity contribution in [2.75, 3.05) is 52.5 Å². The van der Waals surface area contributed by atoms with E-state index in [1.807, 2.05) is 4.90 Å². The molecule has 2 fully saturated rings. The molecule has 1 aromatic carbocycles. The standard InChI is InChI=1S/C20H26N4O5S/c21-6-7-23(16-2-3-16)15-20(25)22-8-10-24(11-9-22)30(26,27)17-4-5-18-19(14-17)29-13-1-12-28-18/h4-5,14,16H,1-3,7-13,15H2. The number of nitriles is 1. The maximum absolute atomic E-state index is 13.1. The van der Waals surface area contributed by atoms with E-state index < -0.39 is 10.0 Å². The van der Waals surface area contributed by atoms with Crippen molar-refractivity contribution in [2.45, 2.75) is 30.2 Å². The molecule has 9 nitrogen and oxygen atoms in total. The fraction of sp³-hybridized carbons (Fsp3) is 0.600. The number of hydrogen-bond donors (Lipinski definition) is 0. The largest absolute Gasteiger partial charge is 0.490 e. The maximum Gasteiger partial charge on any atom is 0.243 e. The van der Waals surface area contributed by atoms with Gasteiger partial charge in [0.15, 0.2) is 11.5 Å². The van der Waals surface area contributed by atoms with Crippen molar-refractivity contribution in [3.63, 3.8) is 0 Å². The number of amides is 1. The molecule has 0 radical (unpaired) electrons. The van der Waals surface area contributed by atoms with Crippen molar-refractivity contribution in [3.05, 3.63) is 18.2 Å².